The van der Waals surface area contributed by atoms with Gasteiger partial charge in [0.25, 0.3) is 0 Å². The van der Waals surface area contributed by atoms with Gasteiger partial charge in [-0.05, 0) is 46.3 Å². The van der Waals surface area contributed by atoms with Gasteiger partial charge in [-0.25, -0.2) is 0 Å². The topological polar surface area (TPSA) is 66.9 Å². The number of hydrogen-bond acceptors (Lipinski definition) is 6. The second-order valence-corrected chi connectivity index (χ2v) is 9.73. The molecule has 3 aliphatic rings. The van der Waals surface area contributed by atoms with Crippen LogP contribution in [0.15, 0.2) is 72.2 Å². The minimum absolute atomic E-state index is 0.107. The molecule has 6 nitrogen and oxygen atoms in total. The van der Waals surface area contributed by atoms with Gasteiger partial charge < -0.3 is 9.64 Å². The smallest absolute Gasteiger partial charge is 0.236 e. The molecule has 3 aromatic rings. The van der Waals surface area contributed by atoms with Crippen LogP contribution in [0.5, 0.6) is 5.75 Å². The van der Waals surface area contributed by atoms with Crippen LogP contribution in [0, 0.1) is 11.8 Å². The minimum atomic E-state index is -0.721. The summed E-state index contributed by atoms with van der Waals surface area (Å²) in [6.07, 6.45) is 3.85. The summed E-state index contributed by atoms with van der Waals surface area (Å²) in [6.45, 7) is 0.179. The number of carbonyl (C=O) groups is 3. The van der Waals surface area contributed by atoms with Gasteiger partial charge in [0.1, 0.15) is 11.8 Å². The summed E-state index contributed by atoms with van der Waals surface area (Å²) in [4.78, 5) is 45.0. The van der Waals surface area contributed by atoms with E-state index in [0.29, 0.717) is 10.6 Å². The summed E-state index contributed by atoms with van der Waals surface area (Å²) in [7, 11) is 1.59. The highest BCUT2D eigenvalue weighted by Crippen LogP contribution is 2.53. The molecule has 2 saturated heterocycles. The van der Waals surface area contributed by atoms with Crippen LogP contribution in [-0.2, 0) is 16.1 Å². The fourth-order valence-corrected chi connectivity index (χ4v) is 6.25. The Hall–Kier alpha value is -3.71. The summed E-state index contributed by atoms with van der Waals surface area (Å²) >= 11 is 1.36. The third-order valence-electron chi connectivity index (χ3n) is 7.09. The summed E-state index contributed by atoms with van der Waals surface area (Å²) in [5.41, 5.74) is 2.83. The number of carbonyl (C=O) groups excluding carboxylic acids is 3. The molecule has 34 heavy (non-hydrogen) atoms. The van der Waals surface area contributed by atoms with E-state index >= 15 is 0 Å². The lowest BCUT2D eigenvalue weighted by Crippen LogP contribution is -2.43. The number of Topliss-reactive ketones (excluding diaryl/α,β-unsaturated/α-hetero) is 1. The van der Waals surface area contributed by atoms with Crippen LogP contribution in [0.1, 0.15) is 32.4 Å². The molecule has 0 bridgehead atoms. The van der Waals surface area contributed by atoms with Crippen molar-refractivity contribution >= 4 is 35.0 Å². The van der Waals surface area contributed by atoms with Gasteiger partial charge >= 0.3 is 0 Å². The van der Waals surface area contributed by atoms with E-state index in [1.165, 1.54) is 16.2 Å². The predicted octanol–water partition coefficient (Wildman–Crippen LogP) is 4.15. The highest BCUT2D eigenvalue weighted by atomic mass is 32.1. The van der Waals surface area contributed by atoms with Crippen molar-refractivity contribution in [3.63, 3.8) is 0 Å². The number of rotatable bonds is 5. The van der Waals surface area contributed by atoms with Crippen molar-refractivity contribution in [2.24, 2.45) is 11.8 Å². The predicted molar refractivity (Wildman–Crippen MR) is 128 cm³/mol. The van der Waals surface area contributed by atoms with E-state index < -0.39 is 17.9 Å². The van der Waals surface area contributed by atoms with E-state index in [1.54, 1.807) is 13.2 Å². The van der Waals surface area contributed by atoms with Gasteiger partial charge in [-0.2, -0.15) is 0 Å². The van der Waals surface area contributed by atoms with Gasteiger partial charge in [0.15, 0.2) is 5.78 Å². The van der Waals surface area contributed by atoms with Gasteiger partial charge in [0.2, 0.25) is 11.8 Å². The maximum Gasteiger partial charge on any atom is 0.236 e. The monoisotopic (exact) mass is 470 g/mol. The maximum absolute atomic E-state index is 13.8. The van der Waals surface area contributed by atoms with Crippen molar-refractivity contribution in [2.75, 3.05) is 7.11 Å². The Kier molecular flexibility index (Phi) is 4.88. The maximum atomic E-state index is 13.8. The molecule has 4 heterocycles. The molecule has 3 aliphatic heterocycles. The highest BCUT2D eigenvalue weighted by molar-refractivity contribution is 7.12. The van der Waals surface area contributed by atoms with Crippen LogP contribution in [0.4, 0.5) is 0 Å². The van der Waals surface area contributed by atoms with Crippen LogP contribution < -0.4 is 4.74 Å². The van der Waals surface area contributed by atoms with Crippen LogP contribution >= 0.6 is 11.3 Å². The minimum Gasteiger partial charge on any atom is -0.497 e. The van der Waals surface area contributed by atoms with Gasteiger partial charge in [-0.3, -0.25) is 19.3 Å². The number of nitrogens with zero attached hydrogens (tertiary/aromatic N) is 2. The number of amides is 2. The highest BCUT2D eigenvalue weighted by Gasteiger charge is 2.64. The van der Waals surface area contributed by atoms with Crippen molar-refractivity contribution in [1.82, 2.24) is 9.80 Å². The Labute approximate surface area is 201 Å². The molecule has 0 aliphatic carbocycles. The molecular weight excluding hydrogens is 448 g/mol. The average molecular weight is 471 g/mol. The molecule has 0 unspecified atom stereocenters. The molecular formula is C27H22N2O4S. The first-order chi connectivity index (χ1) is 16.6. The number of hydrogen-bond donors (Lipinski definition) is 0. The van der Waals surface area contributed by atoms with Crippen molar-refractivity contribution in [3.05, 3.63) is 93.8 Å². The van der Waals surface area contributed by atoms with Crippen molar-refractivity contribution in [1.29, 1.82) is 0 Å². The van der Waals surface area contributed by atoms with Gasteiger partial charge in [-0.15, -0.1) is 11.3 Å². The lowest BCUT2D eigenvalue weighted by Gasteiger charge is -2.35. The summed E-state index contributed by atoms with van der Waals surface area (Å²) in [5.74, 6) is -1.22. The quantitative estimate of drug-likeness (QED) is 0.414. The van der Waals surface area contributed by atoms with E-state index in [2.05, 4.69) is 0 Å². The molecule has 7 heteroatoms. The van der Waals surface area contributed by atoms with Crippen molar-refractivity contribution in [2.45, 2.75) is 18.6 Å². The summed E-state index contributed by atoms with van der Waals surface area (Å²) < 4.78 is 5.21. The van der Waals surface area contributed by atoms with Crippen LogP contribution in [0.2, 0.25) is 0 Å². The molecule has 2 aromatic carbocycles. The number of fused-ring (bicyclic) bond motifs is 5. The number of thiophene rings is 1. The fraction of sp³-hybridized carbons (Fsp3) is 0.222. The van der Waals surface area contributed by atoms with E-state index in [-0.39, 0.29) is 30.2 Å². The molecule has 4 atom stereocenters. The second kappa shape index (κ2) is 7.95. The summed E-state index contributed by atoms with van der Waals surface area (Å²) in [5, 5.41) is 1.86. The van der Waals surface area contributed by atoms with E-state index in [0.717, 1.165) is 16.7 Å². The van der Waals surface area contributed by atoms with E-state index in [9.17, 15) is 14.4 Å². The van der Waals surface area contributed by atoms with E-state index in [4.69, 9.17) is 4.74 Å². The molecule has 2 amide bonds. The van der Waals surface area contributed by atoms with Crippen LogP contribution in [0.3, 0.4) is 0 Å². The molecule has 0 N–H and O–H groups in total. The standard InChI is InChI=1S/C27H22N2O4S/c1-33-18-10-8-16(9-11-18)15-29-26(31)21-22(27(29)32)24(25(30)20-7-4-14-34-20)28-13-12-17-5-2-3-6-19(17)23(21)28/h2-14,21-24H,15H2,1H3/t21-,22-,23-,24+/m1/s1. The number of likely N-dealkylation sites (tertiary alicyclic amines) is 1. The Morgan fingerprint density at radius 1 is 0.971 bits per heavy atom. The first kappa shape index (κ1) is 20.9. The van der Waals surface area contributed by atoms with Gasteiger partial charge in [0, 0.05) is 6.20 Å². The van der Waals surface area contributed by atoms with Crippen molar-refractivity contribution < 1.29 is 19.1 Å². The zero-order valence-corrected chi connectivity index (χ0v) is 19.3. The van der Waals surface area contributed by atoms with Gasteiger partial charge in [0.05, 0.1) is 36.4 Å². The fourth-order valence-electron chi connectivity index (χ4n) is 5.55. The number of ether oxygens (including phenoxy) is 1. The number of methoxy groups -OCH3 is 1. The lowest BCUT2D eigenvalue weighted by atomic mass is 9.84. The average Bonchev–Trinajstić information content (AvgIpc) is 3.58. The van der Waals surface area contributed by atoms with E-state index in [1.807, 2.05) is 77.2 Å². The Morgan fingerprint density at radius 3 is 2.47 bits per heavy atom. The Morgan fingerprint density at radius 2 is 1.74 bits per heavy atom. The largest absolute Gasteiger partial charge is 0.497 e. The first-order valence-corrected chi connectivity index (χ1v) is 12.1. The third-order valence-corrected chi connectivity index (χ3v) is 7.97. The molecule has 2 fully saturated rings. The molecule has 0 spiro atoms. The molecule has 170 valence electrons. The zero-order chi connectivity index (χ0) is 23.4. The molecule has 1 aromatic heterocycles. The number of ketones is 1. The Bertz CT molecular complexity index is 1310. The first-order valence-electron chi connectivity index (χ1n) is 11.2. The second-order valence-electron chi connectivity index (χ2n) is 8.79. The van der Waals surface area contributed by atoms with Crippen LogP contribution in [-0.4, -0.2) is 40.5 Å². The molecule has 0 radical (unpaired) electrons. The third kappa shape index (κ3) is 3.04. The van der Waals surface area contributed by atoms with Gasteiger partial charge in [-0.1, -0.05) is 42.5 Å². The lowest BCUT2D eigenvalue weighted by molar-refractivity contribution is -0.142. The normalized spacial score (nSPS) is 24.7. The number of imide groups is 1. The SMILES string of the molecule is COc1ccc(CN2C(=O)[C@@H]3[C@@H](C2=O)[C@H]2c4ccccc4C=CN2[C@@H]3C(=O)c2cccs2)cc1. The van der Waals surface area contributed by atoms with Crippen LogP contribution in [0.25, 0.3) is 6.08 Å². The molecule has 6 rings (SSSR count). The zero-order valence-electron chi connectivity index (χ0n) is 18.5. The Balaban J connectivity index is 1.41. The number of benzene rings is 2. The van der Waals surface area contributed by atoms with Crippen molar-refractivity contribution in [3.8, 4) is 5.75 Å². The molecule has 0 saturated carbocycles. The summed E-state index contributed by atoms with van der Waals surface area (Å²) in [6, 6.07) is 17.8.